The molecule has 0 aliphatic carbocycles. The van der Waals surface area contributed by atoms with Crippen LogP contribution in [0.2, 0.25) is 5.02 Å². The van der Waals surface area contributed by atoms with Gasteiger partial charge in [-0.2, -0.15) is 0 Å². The molecule has 0 saturated carbocycles. The molecule has 2 atom stereocenters. The van der Waals surface area contributed by atoms with E-state index >= 15 is 0 Å². The number of hydrogen-bond donors (Lipinski definition) is 4. The van der Waals surface area contributed by atoms with Gasteiger partial charge in [0, 0.05) is 18.1 Å². The standard InChI is InChI=1S/C18H20ClN3O2/c19-16-7-2-1-6-14(16)17-15(10-21-22-17)18(24)20-9-12-4-3-5-13(8-12)11-23/h1-8,15,17,21-23H,9-11H2,(H,20,24). The summed E-state index contributed by atoms with van der Waals surface area (Å²) >= 11 is 6.26. The molecular weight excluding hydrogens is 326 g/mol. The number of hydrazine groups is 1. The highest BCUT2D eigenvalue weighted by Crippen LogP contribution is 2.30. The molecule has 0 aromatic heterocycles. The molecule has 24 heavy (non-hydrogen) atoms. The zero-order valence-corrected chi connectivity index (χ0v) is 13.9. The molecule has 2 aromatic carbocycles. The fourth-order valence-corrected chi connectivity index (χ4v) is 3.17. The van der Waals surface area contributed by atoms with Gasteiger partial charge in [0.05, 0.1) is 18.6 Å². The number of benzene rings is 2. The minimum absolute atomic E-state index is 0.00711. The summed E-state index contributed by atoms with van der Waals surface area (Å²) in [5.41, 5.74) is 8.88. The lowest BCUT2D eigenvalue weighted by atomic mass is 9.94. The van der Waals surface area contributed by atoms with Crippen LogP contribution in [0.4, 0.5) is 0 Å². The first-order valence-electron chi connectivity index (χ1n) is 7.88. The maximum Gasteiger partial charge on any atom is 0.226 e. The van der Waals surface area contributed by atoms with Gasteiger partial charge in [-0.1, -0.05) is 54.1 Å². The minimum Gasteiger partial charge on any atom is -0.392 e. The molecule has 6 heteroatoms. The van der Waals surface area contributed by atoms with E-state index in [1.54, 1.807) is 0 Å². The number of carbonyl (C=O) groups is 1. The molecule has 126 valence electrons. The first-order chi connectivity index (χ1) is 11.7. The first kappa shape index (κ1) is 16.9. The Kier molecular flexibility index (Phi) is 5.48. The maximum atomic E-state index is 12.6. The van der Waals surface area contributed by atoms with E-state index in [1.165, 1.54) is 0 Å². The number of carbonyl (C=O) groups excluding carboxylic acids is 1. The number of halogens is 1. The lowest BCUT2D eigenvalue weighted by Gasteiger charge is -2.19. The van der Waals surface area contributed by atoms with Crippen LogP contribution in [0.1, 0.15) is 22.7 Å². The first-order valence-corrected chi connectivity index (χ1v) is 8.26. The van der Waals surface area contributed by atoms with Crippen molar-refractivity contribution in [2.45, 2.75) is 19.2 Å². The Morgan fingerprint density at radius 1 is 1.21 bits per heavy atom. The van der Waals surface area contributed by atoms with Crippen molar-refractivity contribution >= 4 is 17.5 Å². The van der Waals surface area contributed by atoms with Gasteiger partial charge in [-0.05, 0) is 22.8 Å². The Bertz CT molecular complexity index is 723. The van der Waals surface area contributed by atoms with Gasteiger partial charge in [0.25, 0.3) is 0 Å². The molecule has 2 aromatic rings. The van der Waals surface area contributed by atoms with Crippen molar-refractivity contribution in [3.8, 4) is 0 Å². The van der Waals surface area contributed by atoms with E-state index in [-0.39, 0.29) is 24.5 Å². The van der Waals surface area contributed by atoms with E-state index in [9.17, 15) is 9.90 Å². The number of aliphatic hydroxyl groups is 1. The molecule has 1 saturated heterocycles. The molecule has 0 bridgehead atoms. The third kappa shape index (κ3) is 3.76. The van der Waals surface area contributed by atoms with Gasteiger partial charge in [-0.15, -0.1) is 0 Å². The van der Waals surface area contributed by atoms with Crippen LogP contribution >= 0.6 is 11.6 Å². The van der Waals surface area contributed by atoms with Gasteiger partial charge < -0.3 is 10.4 Å². The molecule has 0 spiro atoms. The van der Waals surface area contributed by atoms with Gasteiger partial charge >= 0.3 is 0 Å². The monoisotopic (exact) mass is 345 g/mol. The van der Waals surface area contributed by atoms with Crippen molar-refractivity contribution in [2.75, 3.05) is 6.54 Å². The molecule has 1 amide bonds. The molecule has 1 aliphatic heterocycles. The fraction of sp³-hybridized carbons (Fsp3) is 0.278. The van der Waals surface area contributed by atoms with E-state index in [0.717, 1.165) is 16.7 Å². The molecule has 4 N–H and O–H groups in total. The molecule has 3 rings (SSSR count). The van der Waals surface area contributed by atoms with E-state index in [2.05, 4.69) is 16.2 Å². The van der Waals surface area contributed by atoms with E-state index in [1.807, 2.05) is 48.5 Å². The predicted octanol–water partition coefficient (Wildman–Crippen LogP) is 1.91. The summed E-state index contributed by atoms with van der Waals surface area (Å²) in [6.07, 6.45) is 0. The van der Waals surface area contributed by atoms with Crippen LogP contribution in [0.15, 0.2) is 48.5 Å². The van der Waals surface area contributed by atoms with E-state index in [0.29, 0.717) is 18.1 Å². The van der Waals surface area contributed by atoms with E-state index in [4.69, 9.17) is 11.6 Å². The number of nitrogens with one attached hydrogen (secondary N) is 3. The second-order valence-corrected chi connectivity index (χ2v) is 6.23. The quantitative estimate of drug-likeness (QED) is 0.668. The van der Waals surface area contributed by atoms with Gasteiger partial charge in [0.1, 0.15) is 0 Å². The third-order valence-electron chi connectivity index (χ3n) is 4.20. The Morgan fingerprint density at radius 2 is 2.00 bits per heavy atom. The number of rotatable bonds is 5. The third-order valence-corrected chi connectivity index (χ3v) is 4.54. The largest absolute Gasteiger partial charge is 0.392 e. The molecule has 1 heterocycles. The van der Waals surface area contributed by atoms with Crippen molar-refractivity contribution in [2.24, 2.45) is 5.92 Å². The molecular formula is C18H20ClN3O2. The van der Waals surface area contributed by atoms with Crippen LogP contribution in [-0.4, -0.2) is 17.6 Å². The highest BCUT2D eigenvalue weighted by atomic mass is 35.5. The highest BCUT2D eigenvalue weighted by molar-refractivity contribution is 6.31. The van der Waals surface area contributed by atoms with Crippen molar-refractivity contribution < 1.29 is 9.90 Å². The van der Waals surface area contributed by atoms with Crippen LogP contribution in [0.3, 0.4) is 0 Å². The lowest BCUT2D eigenvalue weighted by Crippen LogP contribution is -2.34. The van der Waals surface area contributed by atoms with Gasteiger partial charge in [-0.25, -0.2) is 5.43 Å². The fourth-order valence-electron chi connectivity index (χ4n) is 2.92. The minimum atomic E-state index is -0.245. The second-order valence-electron chi connectivity index (χ2n) is 5.83. The van der Waals surface area contributed by atoms with Crippen molar-refractivity contribution in [1.29, 1.82) is 0 Å². The number of hydrogen-bond acceptors (Lipinski definition) is 4. The van der Waals surface area contributed by atoms with Gasteiger partial charge in [0.15, 0.2) is 0 Å². The van der Waals surface area contributed by atoms with Crippen LogP contribution in [-0.2, 0) is 17.9 Å². The predicted molar refractivity (Wildman–Crippen MR) is 93.0 cm³/mol. The summed E-state index contributed by atoms with van der Waals surface area (Å²) in [5.74, 6) is -0.280. The summed E-state index contributed by atoms with van der Waals surface area (Å²) in [7, 11) is 0. The maximum absolute atomic E-state index is 12.6. The summed E-state index contributed by atoms with van der Waals surface area (Å²) in [4.78, 5) is 12.6. The lowest BCUT2D eigenvalue weighted by molar-refractivity contribution is -0.125. The van der Waals surface area contributed by atoms with Crippen LogP contribution in [0.5, 0.6) is 0 Å². The van der Waals surface area contributed by atoms with Gasteiger partial charge in [-0.3, -0.25) is 10.2 Å². The summed E-state index contributed by atoms with van der Waals surface area (Å²) < 4.78 is 0. The van der Waals surface area contributed by atoms with Crippen LogP contribution in [0.25, 0.3) is 0 Å². The van der Waals surface area contributed by atoms with Crippen LogP contribution in [0, 0.1) is 5.92 Å². The van der Waals surface area contributed by atoms with Crippen molar-refractivity contribution in [3.63, 3.8) is 0 Å². The van der Waals surface area contributed by atoms with Gasteiger partial charge in [0.2, 0.25) is 5.91 Å². The molecule has 1 fully saturated rings. The highest BCUT2D eigenvalue weighted by Gasteiger charge is 2.34. The number of amides is 1. The molecule has 0 radical (unpaired) electrons. The Labute approximate surface area is 146 Å². The Morgan fingerprint density at radius 3 is 2.79 bits per heavy atom. The number of aliphatic hydroxyl groups excluding tert-OH is 1. The summed E-state index contributed by atoms with van der Waals surface area (Å²) in [6, 6.07) is 14.9. The van der Waals surface area contributed by atoms with Crippen molar-refractivity contribution in [3.05, 3.63) is 70.2 Å². The average Bonchev–Trinajstić information content (AvgIpc) is 3.10. The normalized spacial score (nSPS) is 20.1. The van der Waals surface area contributed by atoms with Crippen LogP contribution < -0.4 is 16.2 Å². The Balaban J connectivity index is 1.66. The summed E-state index contributed by atoms with van der Waals surface area (Å²) in [6.45, 7) is 0.962. The topological polar surface area (TPSA) is 73.4 Å². The smallest absolute Gasteiger partial charge is 0.226 e. The molecule has 2 unspecified atom stereocenters. The van der Waals surface area contributed by atoms with E-state index < -0.39 is 0 Å². The Hall–Kier alpha value is -1.92. The second kappa shape index (κ2) is 7.77. The zero-order valence-electron chi connectivity index (χ0n) is 13.1. The zero-order chi connectivity index (χ0) is 16.9. The van der Waals surface area contributed by atoms with Crippen molar-refractivity contribution in [1.82, 2.24) is 16.2 Å². The average molecular weight is 346 g/mol. The molecule has 1 aliphatic rings. The SMILES string of the molecule is O=C(NCc1cccc(CO)c1)C1CNNC1c1ccccc1Cl. The molecule has 5 nitrogen and oxygen atoms in total. The summed E-state index contributed by atoms with van der Waals surface area (Å²) in [5, 5.41) is 12.8.